The van der Waals surface area contributed by atoms with Gasteiger partial charge in [-0.15, -0.1) is 0 Å². The summed E-state index contributed by atoms with van der Waals surface area (Å²) < 4.78 is 13.2. The molecule has 0 fully saturated rings. The summed E-state index contributed by atoms with van der Waals surface area (Å²) in [5, 5.41) is 3.42. The molecule has 2 nitrogen and oxygen atoms in total. The number of benzene rings is 2. The second-order valence-electron chi connectivity index (χ2n) is 3.82. The Labute approximate surface area is 104 Å². The van der Waals surface area contributed by atoms with Gasteiger partial charge in [-0.1, -0.05) is 23.7 Å². The molecule has 0 saturated carbocycles. The van der Waals surface area contributed by atoms with Crippen LogP contribution in [-0.2, 0) is 0 Å². The van der Waals surface area contributed by atoms with E-state index in [1.807, 2.05) is 19.1 Å². The zero-order chi connectivity index (χ0) is 12.4. The molecule has 0 bridgehead atoms. The molecule has 0 aliphatic rings. The molecule has 0 heterocycles. The van der Waals surface area contributed by atoms with E-state index in [1.54, 1.807) is 12.1 Å². The van der Waals surface area contributed by atoms with Crippen molar-refractivity contribution in [2.24, 2.45) is 0 Å². The van der Waals surface area contributed by atoms with Gasteiger partial charge in [0.05, 0.1) is 11.4 Å². The smallest absolute Gasteiger partial charge is 0.126 e. The Morgan fingerprint density at radius 1 is 1.24 bits per heavy atom. The second-order valence-corrected chi connectivity index (χ2v) is 4.26. The highest BCUT2D eigenvalue weighted by molar-refractivity contribution is 6.30. The molecule has 2 aromatic rings. The van der Waals surface area contributed by atoms with Gasteiger partial charge in [-0.25, -0.2) is 4.39 Å². The fourth-order valence-corrected chi connectivity index (χ4v) is 1.85. The minimum atomic E-state index is -0.382. The molecule has 0 radical (unpaired) electrons. The van der Waals surface area contributed by atoms with Gasteiger partial charge in [0.2, 0.25) is 0 Å². The lowest BCUT2D eigenvalue weighted by atomic mass is 10.1. The SMILES string of the molecule is Cc1cccc(N)c1Nc1cc(F)cc(Cl)c1. The van der Waals surface area contributed by atoms with E-state index in [0.717, 1.165) is 11.3 Å². The van der Waals surface area contributed by atoms with Crippen LogP contribution in [0, 0.1) is 12.7 Å². The minimum absolute atomic E-state index is 0.347. The number of nitrogen functional groups attached to an aromatic ring is 1. The Morgan fingerprint density at radius 2 is 2.00 bits per heavy atom. The number of rotatable bonds is 2. The van der Waals surface area contributed by atoms with Crippen LogP contribution in [0.15, 0.2) is 36.4 Å². The zero-order valence-corrected chi connectivity index (χ0v) is 10.1. The fraction of sp³-hybridized carbons (Fsp3) is 0.0769. The van der Waals surface area contributed by atoms with Crippen molar-refractivity contribution in [3.8, 4) is 0 Å². The van der Waals surface area contributed by atoms with Crippen molar-refractivity contribution < 1.29 is 4.39 Å². The van der Waals surface area contributed by atoms with Crippen LogP contribution in [0.3, 0.4) is 0 Å². The Bertz CT molecular complexity index is 515. The van der Waals surface area contributed by atoms with Gasteiger partial charge >= 0.3 is 0 Å². The zero-order valence-electron chi connectivity index (χ0n) is 9.30. The third kappa shape index (κ3) is 2.68. The van der Waals surface area contributed by atoms with Gasteiger partial charge in [0.15, 0.2) is 0 Å². The molecule has 88 valence electrons. The standard InChI is InChI=1S/C13H12ClFN2/c1-8-3-2-4-12(16)13(8)17-11-6-9(14)5-10(15)7-11/h2-7,17H,16H2,1H3. The third-order valence-electron chi connectivity index (χ3n) is 2.44. The van der Waals surface area contributed by atoms with Gasteiger partial charge < -0.3 is 11.1 Å². The molecule has 0 aliphatic carbocycles. The molecule has 0 atom stereocenters. The van der Waals surface area contributed by atoms with Crippen LogP contribution in [0.2, 0.25) is 5.02 Å². The van der Waals surface area contributed by atoms with Crippen LogP contribution in [0.5, 0.6) is 0 Å². The molecular formula is C13H12ClFN2. The normalized spacial score (nSPS) is 10.3. The summed E-state index contributed by atoms with van der Waals surface area (Å²) in [7, 11) is 0. The Balaban J connectivity index is 2.38. The number of nitrogens with two attached hydrogens (primary N) is 1. The van der Waals surface area contributed by atoms with Crippen LogP contribution >= 0.6 is 11.6 Å². The van der Waals surface area contributed by atoms with Gasteiger partial charge in [0, 0.05) is 10.7 Å². The van der Waals surface area contributed by atoms with E-state index in [2.05, 4.69) is 5.32 Å². The first-order valence-corrected chi connectivity index (χ1v) is 5.52. The van der Waals surface area contributed by atoms with Crippen molar-refractivity contribution in [3.63, 3.8) is 0 Å². The molecule has 0 spiro atoms. The van der Waals surface area contributed by atoms with Crippen molar-refractivity contribution in [3.05, 3.63) is 52.8 Å². The van der Waals surface area contributed by atoms with E-state index < -0.39 is 0 Å². The van der Waals surface area contributed by atoms with Gasteiger partial charge in [-0.2, -0.15) is 0 Å². The Morgan fingerprint density at radius 3 is 2.65 bits per heavy atom. The topological polar surface area (TPSA) is 38.0 Å². The lowest BCUT2D eigenvalue weighted by molar-refractivity contribution is 0.628. The molecular weight excluding hydrogens is 239 g/mol. The first-order chi connectivity index (χ1) is 8.06. The fourth-order valence-electron chi connectivity index (χ4n) is 1.63. The number of anilines is 3. The summed E-state index contributed by atoms with van der Waals surface area (Å²) in [6.07, 6.45) is 0. The van der Waals surface area contributed by atoms with Crippen molar-refractivity contribution >= 4 is 28.7 Å². The molecule has 4 heteroatoms. The highest BCUT2D eigenvalue weighted by Crippen LogP contribution is 2.28. The maximum absolute atomic E-state index is 13.2. The van der Waals surface area contributed by atoms with Gasteiger partial charge in [-0.05, 0) is 36.8 Å². The summed E-state index contributed by atoms with van der Waals surface area (Å²) in [6, 6.07) is 9.87. The van der Waals surface area contributed by atoms with E-state index in [0.29, 0.717) is 16.4 Å². The first kappa shape index (κ1) is 11.7. The van der Waals surface area contributed by atoms with Crippen LogP contribution < -0.4 is 11.1 Å². The quantitative estimate of drug-likeness (QED) is 0.787. The minimum Gasteiger partial charge on any atom is -0.397 e. The van der Waals surface area contributed by atoms with E-state index in [4.69, 9.17) is 17.3 Å². The second kappa shape index (κ2) is 4.63. The van der Waals surface area contributed by atoms with Crippen molar-refractivity contribution in [1.82, 2.24) is 0 Å². The van der Waals surface area contributed by atoms with Crippen molar-refractivity contribution in [2.75, 3.05) is 11.1 Å². The monoisotopic (exact) mass is 250 g/mol. The lowest BCUT2D eigenvalue weighted by Gasteiger charge is -2.12. The summed E-state index contributed by atoms with van der Waals surface area (Å²) in [5.74, 6) is -0.382. The van der Waals surface area contributed by atoms with Gasteiger partial charge in [0.25, 0.3) is 0 Å². The predicted octanol–water partition coefficient (Wildman–Crippen LogP) is 4.11. The van der Waals surface area contributed by atoms with Gasteiger partial charge in [0.1, 0.15) is 5.82 Å². The Hall–Kier alpha value is -1.74. The third-order valence-corrected chi connectivity index (χ3v) is 2.66. The van der Waals surface area contributed by atoms with Crippen LogP contribution in [0.1, 0.15) is 5.56 Å². The average molecular weight is 251 g/mol. The maximum Gasteiger partial charge on any atom is 0.126 e. The Kier molecular flexibility index (Phi) is 3.20. The molecule has 0 aliphatic heterocycles. The highest BCUT2D eigenvalue weighted by Gasteiger charge is 2.05. The highest BCUT2D eigenvalue weighted by atomic mass is 35.5. The van der Waals surface area contributed by atoms with E-state index in [9.17, 15) is 4.39 Å². The summed E-state index contributed by atoms with van der Waals surface area (Å²) in [6.45, 7) is 1.93. The molecule has 0 unspecified atom stereocenters. The average Bonchev–Trinajstić information content (AvgIpc) is 2.22. The van der Waals surface area contributed by atoms with Crippen LogP contribution in [-0.4, -0.2) is 0 Å². The number of hydrogen-bond donors (Lipinski definition) is 2. The van der Waals surface area contributed by atoms with E-state index in [1.165, 1.54) is 12.1 Å². The lowest BCUT2D eigenvalue weighted by Crippen LogP contribution is -1.98. The van der Waals surface area contributed by atoms with E-state index >= 15 is 0 Å². The molecule has 0 amide bonds. The first-order valence-electron chi connectivity index (χ1n) is 5.14. The van der Waals surface area contributed by atoms with Crippen molar-refractivity contribution in [1.29, 1.82) is 0 Å². The number of halogens is 2. The molecule has 0 saturated heterocycles. The largest absolute Gasteiger partial charge is 0.397 e. The van der Waals surface area contributed by atoms with Gasteiger partial charge in [-0.3, -0.25) is 0 Å². The predicted molar refractivity (Wildman–Crippen MR) is 70.3 cm³/mol. The number of aryl methyl sites for hydroxylation is 1. The van der Waals surface area contributed by atoms with Crippen LogP contribution in [0.4, 0.5) is 21.5 Å². The summed E-state index contributed by atoms with van der Waals surface area (Å²) in [4.78, 5) is 0. The maximum atomic E-state index is 13.2. The molecule has 17 heavy (non-hydrogen) atoms. The number of para-hydroxylation sites is 1. The molecule has 3 N–H and O–H groups in total. The van der Waals surface area contributed by atoms with Crippen LogP contribution in [0.25, 0.3) is 0 Å². The number of hydrogen-bond acceptors (Lipinski definition) is 2. The molecule has 2 rings (SSSR count). The van der Waals surface area contributed by atoms with E-state index in [-0.39, 0.29) is 5.82 Å². The summed E-state index contributed by atoms with van der Waals surface area (Å²) >= 11 is 5.78. The molecule has 2 aromatic carbocycles. The molecule has 0 aromatic heterocycles. The summed E-state index contributed by atoms with van der Waals surface area (Å²) in [5.41, 5.74) is 8.82. The van der Waals surface area contributed by atoms with Crippen molar-refractivity contribution in [2.45, 2.75) is 6.92 Å². The number of nitrogens with one attached hydrogen (secondary N) is 1.